The maximum Gasteiger partial charge on any atom is 0.268 e. The maximum absolute atomic E-state index is 13.2. The van der Waals surface area contributed by atoms with Crippen molar-refractivity contribution in [3.8, 4) is 0 Å². The number of morpholine rings is 1. The molecule has 5 rings (SSSR count). The van der Waals surface area contributed by atoms with Gasteiger partial charge in [-0.1, -0.05) is 36.4 Å². The van der Waals surface area contributed by atoms with Crippen LogP contribution in [0.4, 0.5) is 0 Å². The Kier molecular flexibility index (Phi) is 5.70. The minimum absolute atomic E-state index is 0.177. The number of nitrogens with one attached hydrogen (secondary N) is 2. The molecule has 0 saturated carbocycles. The zero-order chi connectivity index (χ0) is 21.9. The summed E-state index contributed by atoms with van der Waals surface area (Å²) < 4.78 is 8.75. The lowest BCUT2D eigenvalue weighted by Gasteiger charge is -2.23. The smallest absolute Gasteiger partial charge is 0.268 e. The molecular weight excluding hydrogens is 406 g/mol. The first kappa shape index (κ1) is 20.4. The predicted molar refractivity (Wildman–Crippen MR) is 121 cm³/mol. The van der Waals surface area contributed by atoms with Crippen molar-refractivity contribution in [3.63, 3.8) is 0 Å². The second-order valence-electron chi connectivity index (χ2n) is 8.05. The summed E-state index contributed by atoms with van der Waals surface area (Å²) >= 11 is 0. The quantitative estimate of drug-likeness (QED) is 0.461. The van der Waals surface area contributed by atoms with Gasteiger partial charge in [-0.2, -0.15) is 0 Å². The Morgan fingerprint density at radius 2 is 1.88 bits per heavy atom. The number of carbonyl (C=O) groups excluding carboxylic acids is 1. The molecule has 4 aromatic rings. The van der Waals surface area contributed by atoms with E-state index in [0.29, 0.717) is 35.5 Å². The van der Waals surface area contributed by atoms with E-state index in [9.17, 15) is 9.59 Å². The average Bonchev–Trinajstić information content (AvgIpc) is 3.19. The molecule has 4 heterocycles. The molecule has 1 aliphatic heterocycles. The first-order valence-electron chi connectivity index (χ1n) is 10.9. The molecule has 3 aromatic heterocycles. The SMILES string of the molecule is O=C(NCC[NH+]1CCOCC1)c1cc2c(=O)n3ccccc3nc2n1Cc1ccccc1. The number of benzene rings is 1. The van der Waals surface area contributed by atoms with E-state index in [4.69, 9.17) is 9.72 Å². The standard InChI is InChI=1S/C24H25N5O3/c30-23(25-9-11-27-12-14-32-15-13-27)20-16-19-22(29(20)17-18-6-2-1-3-7-18)26-21-8-4-5-10-28(21)24(19)31/h1-8,10,16H,9,11-15,17H2,(H,25,30)/p+1. The third-order valence-corrected chi connectivity index (χ3v) is 5.96. The molecule has 0 aliphatic carbocycles. The van der Waals surface area contributed by atoms with E-state index in [2.05, 4.69) is 5.32 Å². The largest absolute Gasteiger partial charge is 0.370 e. The third kappa shape index (κ3) is 4.02. The molecular formula is C24H26N5O3+. The lowest BCUT2D eigenvalue weighted by atomic mass is 10.2. The van der Waals surface area contributed by atoms with Crippen LogP contribution in [-0.2, 0) is 11.3 Å². The Morgan fingerprint density at radius 3 is 2.69 bits per heavy atom. The fraction of sp³-hybridized carbons (Fsp3) is 0.292. The second-order valence-corrected chi connectivity index (χ2v) is 8.05. The van der Waals surface area contributed by atoms with Crippen LogP contribution in [0.25, 0.3) is 16.7 Å². The summed E-state index contributed by atoms with van der Waals surface area (Å²) in [6.45, 7) is 5.30. The summed E-state index contributed by atoms with van der Waals surface area (Å²) in [7, 11) is 0. The van der Waals surface area contributed by atoms with Gasteiger partial charge < -0.3 is 19.5 Å². The van der Waals surface area contributed by atoms with Crippen LogP contribution < -0.4 is 15.8 Å². The summed E-state index contributed by atoms with van der Waals surface area (Å²) in [6.07, 6.45) is 1.70. The van der Waals surface area contributed by atoms with Gasteiger partial charge in [0.1, 0.15) is 30.1 Å². The number of rotatable bonds is 6. The van der Waals surface area contributed by atoms with Crippen molar-refractivity contribution in [1.82, 2.24) is 19.3 Å². The van der Waals surface area contributed by atoms with E-state index < -0.39 is 0 Å². The van der Waals surface area contributed by atoms with E-state index in [-0.39, 0.29) is 11.5 Å². The number of hydrogen-bond donors (Lipinski definition) is 2. The van der Waals surface area contributed by atoms with Crippen molar-refractivity contribution in [2.45, 2.75) is 6.54 Å². The molecule has 0 spiro atoms. The molecule has 1 fully saturated rings. The highest BCUT2D eigenvalue weighted by Crippen LogP contribution is 2.18. The molecule has 1 amide bonds. The molecule has 1 aliphatic rings. The van der Waals surface area contributed by atoms with Crippen LogP contribution in [0.2, 0.25) is 0 Å². The summed E-state index contributed by atoms with van der Waals surface area (Å²) in [4.78, 5) is 32.4. The molecule has 1 aromatic carbocycles. The van der Waals surface area contributed by atoms with Crippen molar-refractivity contribution in [2.75, 3.05) is 39.4 Å². The van der Waals surface area contributed by atoms with Gasteiger partial charge in [-0.3, -0.25) is 14.0 Å². The summed E-state index contributed by atoms with van der Waals surface area (Å²) in [5.74, 6) is -0.194. The number of fused-ring (bicyclic) bond motifs is 2. The highest BCUT2D eigenvalue weighted by molar-refractivity contribution is 5.98. The fourth-order valence-corrected chi connectivity index (χ4v) is 4.22. The number of nitrogens with zero attached hydrogens (tertiary/aromatic N) is 3. The number of amides is 1. The van der Waals surface area contributed by atoms with Gasteiger partial charge in [0.2, 0.25) is 0 Å². The van der Waals surface area contributed by atoms with E-state index in [1.807, 2.05) is 41.0 Å². The fourth-order valence-electron chi connectivity index (χ4n) is 4.22. The van der Waals surface area contributed by atoms with E-state index in [0.717, 1.165) is 38.4 Å². The molecule has 0 unspecified atom stereocenters. The first-order chi connectivity index (χ1) is 15.7. The second kappa shape index (κ2) is 8.94. The van der Waals surface area contributed by atoms with Crippen molar-refractivity contribution in [3.05, 3.63) is 82.4 Å². The number of hydrogen-bond acceptors (Lipinski definition) is 4. The highest BCUT2D eigenvalue weighted by Gasteiger charge is 2.21. The van der Waals surface area contributed by atoms with Crippen LogP contribution in [-0.4, -0.2) is 59.3 Å². The zero-order valence-corrected chi connectivity index (χ0v) is 17.8. The Hall–Kier alpha value is -3.49. The minimum Gasteiger partial charge on any atom is -0.370 e. The molecule has 0 radical (unpaired) electrons. The van der Waals surface area contributed by atoms with Gasteiger partial charge in [-0.15, -0.1) is 0 Å². The highest BCUT2D eigenvalue weighted by atomic mass is 16.5. The van der Waals surface area contributed by atoms with Crippen LogP contribution in [0.15, 0.2) is 65.6 Å². The zero-order valence-electron chi connectivity index (χ0n) is 17.8. The van der Waals surface area contributed by atoms with Gasteiger partial charge in [0.25, 0.3) is 11.5 Å². The molecule has 1 saturated heterocycles. The molecule has 164 valence electrons. The summed E-state index contributed by atoms with van der Waals surface area (Å²) in [5.41, 5.74) is 2.38. The topological polar surface area (TPSA) is 82.1 Å². The van der Waals surface area contributed by atoms with Crippen molar-refractivity contribution < 1.29 is 14.4 Å². The maximum atomic E-state index is 13.2. The van der Waals surface area contributed by atoms with E-state index >= 15 is 0 Å². The van der Waals surface area contributed by atoms with Gasteiger partial charge in [-0.05, 0) is 23.8 Å². The summed E-state index contributed by atoms with van der Waals surface area (Å²) in [5, 5.41) is 3.47. The van der Waals surface area contributed by atoms with E-state index in [1.165, 1.54) is 9.30 Å². The molecule has 8 nitrogen and oxygen atoms in total. The third-order valence-electron chi connectivity index (χ3n) is 5.96. The first-order valence-corrected chi connectivity index (χ1v) is 10.9. The molecule has 0 bridgehead atoms. The number of pyridine rings is 1. The Bertz CT molecular complexity index is 1310. The normalized spacial score (nSPS) is 14.8. The Labute approximate surface area is 185 Å². The molecule has 32 heavy (non-hydrogen) atoms. The Balaban J connectivity index is 1.50. The van der Waals surface area contributed by atoms with Crippen LogP contribution in [0.5, 0.6) is 0 Å². The molecule has 0 atom stereocenters. The monoisotopic (exact) mass is 432 g/mol. The average molecular weight is 433 g/mol. The minimum atomic E-state index is -0.194. The number of aromatic nitrogens is 3. The lowest BCUT2D eigenvalue weighted by Crippen LogP contribution is -3.14. The Morgan fingerprint density at radius 1 is 1.09 bits per heavy atom. The van der Waals surface area contributed by atoms with Gasteiger partial charge in [0.15, 0.2) is 0 Å². The molecule has 8 heteroatoms. The van der Waals surface area contributed by atoms with Crippen LogP contribution >= 0.6 is 0 Å². The van der Waals surface area contributed by atoms with Gasteiger partial charge >= 0.3 is 0 Å². The van der Waals surface area contributed by atoms with Crippen molar-refractivity contribution in [1.29, 1.82) is 0 Å². The van der Waals surface area contributed by atoms with E-state index in [1.54, 1.807) is 24.4 Å². The number of ether oxygens (including phenoxy) is 1. The van der Waals surface area contributed by atoms with Crippen LogP contribution in [0.3, 0.4) is 0 Å². The van der Waals surface area contributed by atoms with Gasteiger partial charge in [0.05, 0.1) is 31.7 Å². The van der Waals surface area contributed by atoms with Gasteiger partial charge in [0, 0.05) is 12.7 Å². The van der Waals surface area contributed by atoms with Crippen LogP contribution in [0, 0.1) is 0 Å². The number of carbonyl (C=O) groups is 1. The lowest BCUT2D eigenvalue weighted by molar-refractivity contribution is -0.906. The molecule has 2 N–H and O–H groups in total. The predicted octanol–water partition coefficient (Wildman–Crippen LogP) is 0.342. The van der Waals surface area contributed by atoms with Crippen molar-refractivity contribution >= 4 is 22.6 Å². The van der Waals surface area contributed by atoms with Crippen molar-refractivity contribution in [2.24, 2.45) is 0 Å². The van der Waals surface area contributed by atoms with Crippen LogP contribution in [0.1, 0.15) is 16.1 Å². The van der Waals surface area contributed by atoms with Gasteiger partial charge in [-0.25, -0.2) is 4.98 Å². The summed E-state index contributed by atoms with van der Waals surface area (Å²) in [6, 6.07) is 17.0. The number of quaternary nitrogens is 1.